The Hall–Kier alpha value is -0.650. The van der Waals surface area contributed by atoms with Crippen molar-refractivity contribution in [2.45, 2.75) is 26.9 Å². The molecule has 0 radical (unpaired) electrons. The van der Waals surface area contributed by atoms with Gasteiger partial charge in [-0.1, -0.05) is 0 Å². The highest BCUT2D eigenvalue weighted by Crippen LogP contribution is 1.88. The van der Waals surface area contributed by atoms with Crippen LogP contribution >= 0.6 is 0 Å². The first kappa shape index (κ1) is 15.8. The van der Waals surface area contributed by atoms with Crippen LogP contribution in [-0.2, 0) is 14.3 Å². The molecule has 0 bridgehead atoms. The molecule has 0 saturated carbocycles. The molecular weight excluding hydrogens is 188 g/mol. The maximum atomic E-state index is 10.1. The second-order valence-electron chi connectivity index (χ2n) is 2.38. The molecule has 0 aromatic heterocycles. The summed E-state index contributed by atoms with van der Waals surface area (Å²) in [6, 6.07) is 0. The molecule has 5 nitrogen and oxygen atoms in total. The molecule has 0 aromatic carbocycles. The van der Waals surface area contributed by atoms with Gasteiger partial charge in [0.1, 0.15) is 6.10 Å². The minimum Gasteiger partial charge on any atom is -0.458 e. The van der Waals surface area contributed by atoms with E-state index in [9.17, 15) is 4.79 Å². The number of hydrogen-bond donors (Lipinski definition) is 2. The number of aliphatic hydroxyl groups is 2. The van der Waals surface area contributed by atoms with Crippen molar-refractivity contribution >= 4 is 5.97 Å². The number of hydrogen-bond acceptors (Lipinski definition) is 5. The number of esters is 1. The monoisotopic (exact) mass is 208 g/mol. The van der Waals surface area contributed by atoms with Crippen LogP contribution in [0, 0.1) is 0 Å². The van der Waals surface area contributed by atoms with Crippen LogP contribution in [0.5, 0.6) is 0 Å². The number of carbonyl (C=O) groups excluding carboxylic acids is 1. The predicted octanol–water partition coefficient (Wildman–Crippen LogP) is -0.0545. The van der Waals surface area contributed by atoms with Crippen LogP contribution in [0.3, 0.4) is 0 Å². The molecule has 0 aliphatic rings. The normalized spacial score (nSPS) is 9.29. The Kier molecular flexibility index (Phi) is 13.9. The molecule has 2 N–H and O–H groups in total. The van der Waals surface area contributed by atoms with Crippen LogP contribution in [0.1, 0.15) is 20.8 Å². The number of ether oxygens (including phenoxy) is 2. The van der Waals surface area contributed by atoms with Gasteiger partial charge in [-0.3, -0.25) is 4.79 Å². The Morgan fingerprint density at radius 3 is 1.71 bits per heavy atom. The van der Waals surface area contributed by atoms with Gasteiger partial charge in [-0.25, -0.2) is 0 Å². The summed E-state index contributed by atoms with van der Waals surface area (Å²) in [5.41, 5.74) is 0. The van der Waals surface area contributed by atoms with E-state index >= 15 is 0 Å². The largest absolute Gasteiger partial charge is 0.458 e. The van der Waals surface area contributed by atoms with Crippen molar-refractivity contribution in [2.75, 3.05) is 26.4 Å². The Labute approximate surface area is 84.6 Å². The first-order valence-corrected chi connectivity index (χ1v) is 4.58. The average Bonchev–Trinajstić information content (AvgIpc) is 2.16. The Morgan fingerprint density at radius 1 is 1.21 bits per heavy atom. The van der Waals surface area contributed by atoms with Gasteiger partial charge >= 0.3 is 5.97 Å². The first-order chi connectivity index (χ1) is 6.62. The van der Waals surface area contributed by atoms with Gasteiger partial charge in [0.2, 0.25) is 0 Å². The molecule has 0 unspecified atom stereocenters. The molecule has 14 heavy (non-hydrogen) atoms. The molecule has 0 atom stereocenters. The zero-order chi connectivity index (χ0) is 11.4. The maximum absolute atomic E-state index is 10.1. The second kappa shape index (κ2) is 12.3. The lowest BCUT2D eigenvalue weighted by molar-refractivity contribution is -0.150. The predicted molar refractivity (Wildman–Crippen MR) is 51.9 cm³/mol. The molecule has 86 valence electrons. The summed E-state index contributed by atoms with van der Waals surface area (Å²) in [4.78, 5) is 10.1. The topological polar surface area (TPSA) is 76.0 Å². The summed E-state index contributed by atoms with van der Waals surface area (Å²) in [6.45, 7) is 6.21. The SMILES string of the molecule is CC(=O)OC(CO)CO.CCOCC. The highest BCUT2D eigenvalue weighted by molar-refractivity contribution is 5.66. The minimum atomic E-state index is -0.762. The Bertz CT molecular complexity index is 120. The van der Waals surface area contributed by atoms with Gasteiger partial charge in [-0.2, -0.15) is 0 Å². The van der Waals surface area contributed by atoms with E-state index in [1.54, 1.807) is 0 Å². The summed E-state index contributed by atoms with van der Waals surface area (Å²) in [7, 11) is 0. The Morgan fingerprint density at radius 2 is 1.64 bits per heavy atom. The van der Waals surface area contributed by atoms with Gasteiger partial charge in [0.05, 0.1) is 13.2 Å². The van der Waals surface area contributed by atoms with Crippen LogP contribution in [0.2, 0.25) is 0 Å². The quantitative estimate of drug-likeness (QED) is 0.619. The molecular formula is C9H20O5. The van der Waals surface area contributed by atoms with Crippen molar-refractivity contribution in [1.29, 1.82) is 0 Å². The zero-order valence-corrected chi connectivity index (χ0v) is 9.02. The third kappa shape index (κ3) is 13.9. The van der Waals surface area contributed by atoms with Crippen molar-refractivity contribution in [3.05, 3.63) is 0 Å². The smallest absolute Gasteiger partial charge is 0.303 e. The van der Waals surface area contributed by atoms with E-state index in [-0.39, 0.29) is 13.2 Å². The van der Waals surface area contributed by atoms with Crippen LogP contribution < -0.4 is 0 Å². The summed E-state index contributed by atoms with van der Waals surface area (Å²) in [5, 5.41) is 16.7. The molecule has 5 heteroatoms. The van der Waals surface area contributed by atoms with E-state index in [1.165, 1.54) is 6.92 Å². The fourth-order valence-electron chi connectivity index (χ4n) is 0.571. The second-order valence-corrected chi connectivity index (χ2v) is 2.38. The van der Waals surface area contributed by atoms with Gasteiger partial charge in [0, 0.05) is 20.1 Å². The molecule has 0 saturated heterocycles. The minimum absolute atomic E-state index is 0.337. The van der Waals surface area contributed by atoms with Gasteiger partial charge in [0.15, 0.2) is 0 Å². The zero-order valence-electron chi connectivity index (χ0n) is 9.02. The molecule has 0 rings (SSSR count). The Balaban J connectivity index is 0. The maximum Gasteiger partial charge on any atom is 0.303 e. The molecule has 0 fully saturated rings. The van der Waals surface area contributed by atoms with Crippen LogP contribution in [0.4, 0.5) is 0 Å². The fraction of sp³-hybridized carbons (Fsp3) is 0.889. The summed E-state index contributed by atoms with van der Waals surface area (Å²) in [6.07, 6.45) is -0.762. The van der Waals surface area contributed by atoms with Gasteiger partial charge in [-0.15, -0.1) is 0 Å². The molecule has 0 spiro atoms. The van der Waals surface area contributed by atoms with Crippen molar-refractivity contribution in [3.8, 4) is 0 Å². The summed E-state index contributed by atoms with van der Waals surface area (Å²) in [5.74, 6) is -0.497. The van der Waals surface area contributed by atoms with Crippen LogP contribution in [0.15, 0.2) is 0 Å². The summed E-state index contributed by atoms with van der Waals surface area (Å²) >= 11 is 0. The first-order valence-electron chi connectivity index (χ1n) is 4.58. The van der Waals surface area contributed by atoms with E-state index in [0.717, 1.165) is 13.2 Å². The van der Waals surface area contributed by atoms with Crippen LogP contribution in [-0.4, -0.2) is 48.7 Å². The number of rotatable bonds is 5. The highest BCUT2D eigenvalue weighted by atomic mass is 16.6. The molecule has 0 aromatic rings. The number of carbonyl (C=O) groups is 1. The van der Waals surface area contributed by atoms with Gasteiger partial charge in [-0.05, 0) is 13.8 Å². The lowest BCUT2D eigenvalue weighted by Crippen LogP contribution is -2.24. The lowest BCUT2D eigenvalue weighted by atomic mass is 10.4. The van der Waals surface area contributed by atoms with Crippen molar-refractivity contribution in [3.63, 3.8) is 0 Å². The van der Waals surface area contributed by atoms with Gasteiger partial charge < -0.3 is 19.7 Å². The van der Waals surface area contributed by atoms with E-state index in [0.29, 0.717) is 0 Å². The van der Waals surface area contributed by atoms with E-state index in [4.69, 9.17) is 14.9 Å². The average molecular weight is 208 g/mol. The molecule has 0 amide bonds. The number of aliphatic hydroxyl groups excluding tert-OH is 2. The van der Waals surface area contributed by atoms with Crippen LogP contribution in [0.25, 0.3) is 0 Å². The highest BCUT2D eigenvalue weighted by Gasteiger charge is 2.06. The van der Waals surface area contributed by atoms with Crippen molar-refractivity contribution in [1.82, 2.24) is 0 Å². The molecule has 0 aliphatic heterocycles. The lowest BCUT2D eigenvalue weighted by Gasteiger charge is -2.09. The van der Waals surface area contributed by atoms with Gasteiger partial charge in [0.25, 0.3) is 0 Å². The molecule has 0 aliphatic carbocycles. The summed E-state index contributed by atoms with van der Waals surface area (Å²) < 4.78 is 9.24. The molecule has 0 heterocycles. The standard InChI is InChI=1S/C5H10O4.C4H10O/c1-4(8)9-5(2-6)3-7;1-3-5-4-2/h5-7H,2-3H2,1H3;3-4H2,1-2H3. The van der Waals surface area contributed by atoms with E-state index in [2.05, 4.69) is 4.74 Å². The third-order valence-electron chi connectivity index (χ3n) is 1.15. The van der Waals surface area contributed by atoms with Crippen molar-refractivity contribution in [2.24, 2.45) is 0 Å². The van der Waals surface area contributed by atoms with E-state index in [1.807, 2.05) is 13.8 Å². The van der Waals surface area contributed by atoms with E-state index < -0.39 is 12.1 Å². The third-order valence-corrected chi connectivity index (χ3v) is 1.15. The fourth-order valence-corrected chi connectivity index (χ4v) is 0.571. The van der Waals surface area contributed by atoms with Crippen molar-refractivity contribution < 1.29 is 24.5 Å².